The smallest absolute Gasteiger partial charge is 0.224 e. The third-order valence-corrected chi connectivity index (χ3v) is 3.29. The van der Waals surface area contributed by atoms with Crippen LogP contribution in [0.25, 0.3) is 0 Å². The van der Waals surface area contributed by atoms with Crippen molar-refractivity contribution >= 4 is 5.84 Å². The van der Waals surface area contributed by atoms with Gasteiger partial charge in [-0.05, 0) is 51.4 Å². The molecule has 5 nitrogen and oxygen atoms in total. The molecule has 1 aromatic rings. The first-order valence-electron chi connectivity index (χ1n) is 6.72. The highest BCUT2D eigenvalue weighted by atomic mass is 16.5. The Morgan fingerprint density at radius 2 is 2.26 bits per heavy atom. The number of nitrogens with two attached hydrogens (primary N) is 1. The molecule has 5 heteroatoms. The molecular weight excluding hydrogens is 240 g/mol. The van der Waals surface area contributed by atoms with Crippen LogP contribution in [0.15, 0.2) is 6.07 Å². The van der Waals surface area contributed by atoms with Crippen molar-refractivity contribution < 1.29 is 4.74 Å². The second kappa shape index (κ2) is 6.02. The average Bonchev–Trinajstić information content (AvgIpc) is 2.80. The van der Waals surface area contributed by atoms with Crippen LogP contribution in [0.4, 0.5) is 0 Å². The van der Waals surface area contributed by atoms with E-state index in [0.717, 1.165) is 37.9 Å². The molecule has 0 fully saturated rings. The van der Waals surface area contributed by atoms with E-state index in [1.807, 2.05) is 20.2 Å². The van der Waals surface area contributed by atoms with Gasteiger partial charge in [0.05, 0.1) is 12.2 Å². The maximum atomic E-state index is 7.64. The molecule has 1 heterocycles. The lowest BCUT2D eigenvalue weighted by Gasteiger charge is -2.13. The maximum absolute atomic E-state index is 7.64. The Bertz CT molecular complexity index is 471. The van der Waals surface area contributed by atoms with Crippen LogP contribution in [-0.4, -0.2) is 43.0 Å². The summed E-state index contributed by atoms with van der Waals surface area (Å²) in [5.41, 5.74) is 8.56. The van der Waals surface area contributed by atoms with Gasteiger partial charge in [0, 0.05) is 12.2 Å². The first kappa shape index (κ1) is 13.8. The number of nitrogen functional groups attached to an aromatic ring is 1. The number of aromatic nitrogens is 1. The van der Waals surface area contributed by atoms with E-state index in [9.17, 15) is 0 Å². The molecule has 1 aliphatic carbocycles. The molecule has 0 radical (unpaired) electrons. The summed E-state index contributed by atoms with van der Waals surface area (Å²) in [5, 5.41) is 7.64. The van der Waals surface area contributed by atoms with Gasteiger partial charge >= 0.3 is 0 Å². The van der Waals surface area contributed by atoms with Crippen molar-refractivity contribution in [2.24, 2.45) is 5.73 Å². The van der Waals surface area contributed by atoms with E-state index in [2.05, 4.69) is 9.88 Å². The van der Waals surface area contributed by atoms with Gasteiger partial charge in [-0.25, -0.2) is 4.98 Å². The Hall–Kier alpha value is -1.62. The highest BCUT2D eigenvalue weighted by Crippen LogP contribution is 2.26. The number of hydrogen-bond donors (Lipinski definition) is 2. The summed E-state index contributed by atoms with van der Waals surface area (Å²) in [4.78, 5) is 6.65. The van der Waals surface area contributed by atoms with Crippen LogP contribution in [0.2, 0.25) is 0 Å². The lowest BCUT2D eigenvalue weighted by atomic mass is 10.1. The number of hydrogen-bond acceptors (Lipinski definition) is 4. The first-order chi connectivity index (χ1) is 9.08. The van der Waals surface area contributed by atoms with Crippen molar-refractivity contribution in [3.05, 3.63) is 22.9 Å². The van der Waals surface area contributed by atoms with E-state index >= 15 is 0 Å². The fraction of sp³-hybridized carbons (Fsp3) is 0.571. The van der Waals surface area contributed by atoms with Gasteiger partial charge in [-0.1, -0.05) is 0 Å². The third-order valence-electron chi connectivity index (χ3n) is 3.29. The standard InChI is InChI=1S/C14H22N4O/c1-18(2)7-4-8-19-14-11(13(15)16)9-10-5-3-6-12(10)17-14/h9H,3-8H2,1-2H3,(H3,15,16). The number of fused-ring (bicyclic) bond motifs is 1. The number of nitrogens with zero attached hydrogens (tertiary/aromatic N) is 2. The molecular formula is C14H22N4O. The summed E-state index contributed by atoms with van der Waals surface area (Å²) in [6.45, 7) is 1.57. The third kappa shape index (κ3) is 3.44. The number of nitrogens with one attached hydrogen (secondary N) is 1. The molecule has 0 saturated carbocycles. The van der Waals surface area contributed by atoms with Crippen LogP contribution in [0.1, 0.15) is 29.7 Å². The van der Waals surface area contributed by atoms with Gasteiger partial charge in [0.1, 0.15) is 5.84 Å². The normalized spacial score (nSPS) is 13.6. The Morgan fingerprint density at radius 3 is 2.95 bits per heavy atom. The molecule has 19 heavy (non-hydrogen) atoms. The number of ether oxygens (including phenoxy) is 1. The van der Waals surface area contributed by atoms with Crippen molar-refractivity contribution in [1.82, 2.24) is 9.88 Å². The second-order valence-electron chi connectivity index (χ2n) is 5.22. The van der Waals surface area contributed by atoms with Gasteiger partial charge in [-0.15, -0.1) is 0 Å². The van der Waals surface area contributed by atoms with Crippen molar-refractivity contribution in [1.29, 1.82) is 5.41 Å². The molecule has 0 bridgehead atoms. The Morgan fingerprint density at radius 1 is 1.47 bits per heavy atom. The Kier molecular flexibility index (Phi) is 4.37. The fourth-order valence-corrected chi connectivity index (χ4v) is 2.31. The number of rotatable bonds is 6. The van der Waals surface area contributed by atoms with E-state index in [-0.39, 0.29) is 5.84 Å². The maximum Gasteiger partial charge on any atom is 0.224 e. The summed E-state index contributed by atoms with van der Waals surface area (Å²) in [7, 11) is 4.07. The summed E-state index contributed by atoms with van der Waals surface area (Å²) < 4.78 is 5.72. The second-order valence-corrected chi connectivity index (χ2v) is 5.22. The minimum Gasteiger partial charge on any atom is -0.477 e. The summed E-state index contributed by atoms with van der Waals surface area (Å²) >= 11 is 0. The van der Waals surface area contributed by atoms with E-state index in [1.54, 1.807) is 0 Å². The van der Waals surface area contributed by atoms with E-state index in [0.29, 0.717) is 18.1 Å². The molecule has 0 saturated heterocycles. The van der Waals surface area contributed by atoms with Crippen molar-refractivity contribution in [2.45, 2.75) is 25.7 Å². The summed E-state index contributed by atoms with van der Waals surface area (Å²) in [5.74, 6) is 0.553. The van der Waals surface area contributed by atoms with E-state index < -0.39 is 0 Å². The Labute approximate surface area is 114 Å². The molecule has 0 aliphatic heterocycles. The SMILES string of the molecule is CN(C)CCCOc1nc2c(cc1C(=N)N)CCC2. The molecule has 1 aliphatic rings. The molecule has 1 aromatic heterocycles. The predicted octanol–water partition coefficient (Wildman–Crippen LogP) is 1.18. The molecule has 0 atom stereocenters. The zero-order chi connectivity index (χ0) is 13.8. The van der Waals surface area contributed by atoms with Crippen LogP contribution in [0, 0.1) is 5.41 Å². The van der Waals surface area contributed by atoms with Gasteiger partial charge < -0.3 is 15.4 Å². The molecule has 2 rings (SSSR count). The summed E-state index contributed by atoms with van der Waals surface area (Å²) in [6, 6.07) is 1.97. The van der Waals surface area contributed by atoms with Gasteiger partial charge in [-0.3, -0.25) is 5.41 Å². The molecule has 0 unspecified atom stereocenters. The van der Waals surface area contributed by atoms with Gasteiger partial charge in [0.2, 0.25) is 5.88 Å². The lowest BCUT2D eigenvalue weighted by Crippen LogP contribution is -2.18. The van der Waals surface area contributed by atoms with Gasteiger partial charge in [0.15, 0.2) is 0 Å². The Balaban J connectivity index is 2.08. The molecule has 0 aromatic carbocycles. The van der Waals surface area contributed by atoms with Crippen LogP contribution in [0.3, 0.4) is 0 Å². The minimum absolute atomic E-state index is 0.0322. The fourth-order valence-electron chi connectivity index (χ4n) is 2.31. The largest absolute Gasteiger partial charge is 0.477 e. The number of amidine groups is 1. The first-order valence-corrected chi connectivity index (χ1v) is 6.72. The highest BCUT2D eigenvalue weighted by Gasteiger charge is 2.18. The highest BCUT2D eigenvalue weighted by molar-refractivity contribution is 5.97. The lowest BCUT2D eigenvalue weighted by molar-refractivity contribution is 0.272. The van der Waals surface area contributed by atoms with E-state index in [1.165, 1.54) is 5.56 Å². The predicted molar refractivity (Wildman–Crippen MR) is 75.9 cm³/mol. The number of pyridine rings is 1. The topological polar surface area (TPSA) is 75.2 Å². The zero-order valence-electron chi connectivity index (χ0n) is 11.7. The van der Waals surface area contributed by atoms with E-state index in [4.69, 9.17) is 15.9 Å². The van der Waals surface area contributed by atoms with Crippen molar-refractivity contribution in [3.8, 4) is 5.88 Å². The number of aryl methyl sites for hydroxylation is 2. The van der Waals surface area contributed by atoms with Gasteiger partial charge in [-0.2, -0.15) is 0 Å². The molecule has 104 valence electrons. The van der Waals surface area contributed by atoms with Gasteiger partial charge in [0.25, 0.3) is 0 Å². The van der Waals surface area contributed by atoms with Crippen molar-refractivity contribution in [2.75, 3.05) is 27.2 Å². The molecule has 0 spiro atoms. The minimum atomic E-state index is 0.0322. The summed E-state index contributed by atoms with van der Waals surface area (Å²) in [6.07, 6.45) is 4.10. The van der Waals surface area contributed by atoms with Crippen molar-refractivity contribution in [3.63, 3.8) is 0 Å². The monoisotopic (exact) mass is 262 g/mol. The quantitative estimate of drug-likeness (QED) is 0.458. The van der Waals surface area contributed by atoms with Crippen LogP contribution < -0.4 is 10.5 Å². The van der Waals surface area contributed by atoms with Crippen LogP contribution >= 0.6 is 0 Å². The molecule has 3 N–H and O–H groups in total. The van der Waals surface area contributed by atoms with Crippen LogP contribution in [0.5, 0.6) is 5.88 Å². The average molecular weight is 262 g/mol. The zero-order valence-corrected chi connectivity index (χ0v) is 11.7. The van der Waals surface area contributed by atoms with Crippen LogP contribution in [-0.2, 0) is 12.8 Å². The molecule has 0 amide bonds.